The molecule has 78 valence electrons. The Kier molecular flexibility index (Phi) is 5.76. The van der Waals surface area contributed by atoms with Gasteiger partial charge in [0.25, 0.3) is 0 Å². The lowest BCUT2D eigenvalue weighted by Crippen LogP contribution is -2.26. The molecular formula is C10H20ClNO. The molecule has 2 unspecified atom stereocenters. The Labute approximate surface area is 86.0 Å². The number of alkyl halides is 1. The summed E-state index contributed by atoms with van der Waals surface area (Å²) < 4.78 is 4.97. The minimum absolute atomic E-state index is 0.412. The maximum atomic E-state index is 6.15. The van der Waals surface area contributed by atoms with Crippen molar-refractivity contribution in [1.82, 2.24) is 5.32 Å². The summed E-state index contributed by atoms with van der Waals surface area (Å²) in [5, 5.41) is 3.84. The first-order valence-electron chi connectivity index (χ1n) is 5.18. The average molecular weight is 206 g/mol. The zero-order valence-electron chi connectivity index (χ0n) is 8.39. The largest absolute Gasteiger partial charge is 0.385 e. The summed E-state index contributed by atoms with van der Waals surface area (Å²) in [6, 6.07) is 0. The lowest BCUT2D eigenvalue weighted by atomic mass is 10.1. The Balaban J connectivity index is 1.93. The molecule has 1 fully saturated rings. The van der Waals surface area contributed by atoms with E-state index in [0.29, 0.717) is 11.3 Å². The van der Waals surface area contributed by atoms with E-state index in [4.69, 9.17) is 16.3 Å². The minimum Gasteiger partial charge on any atom is -0.385 e. The quantitative estimate of drug-likeness (QED) is 0.529. The first-order valence-corrected chi connectivity index (χ1v) is 5.62. The molecule has 3 heteroatoms. The van der Waals surface area contributed by atoms with Crippen LogP contribution in [0.25, 0.3) is 0 Å². The van der Waals surface area contributed by atoms with Gasteiger partial charge in [-0.15, -0.1) is 11.6 Å². The Morgan fingerprint density at radius 2 is 2.31 bits per heavy atom. The van der Waals surface area contributed by atoms with E-state index in [1.165, 1.54) is 19.3 Å². The van der Waals surface area contributed by atoms with Gasteiger partial charge in [0.1, 0.15) is 0 Å². The van der Waals surface area contributed by atoms with Gasteiger partial charge in [0.15, 0.2) is 0 Å². The number of methoxy groups -OCH3 is 1. The summed E-state index contributed by atoms with van der Waals surface area (Å²) in [5.74, 6) is 0.698. The van der Waals surface area contributed by atoms with Crippen molar-refractivity contribution in [3.8, 4) is 0 Å². The van der Waals surface area contributed by atoms with Gasteiger partial charge in [-0.05, 0) is 38.3 Å². The predicted octanol–water partition coefficient (Wildman–Crippen LogP) is 2.02. The number of hydrogen-bond acceptors (Lipinski definition) is 2. The van der Waals surface area contributed by atoms with E-state index in [-0.39, 0.29) is 0 Å². The third-order valence-electron chi connectivity index (χ3n) is 2.67. The van der Waals surface area contributed by atoms with Crippen LogP contribution in [0.15, 0.2) is 0 Å². The van der Waals surface area contributed by atoms with E-state index in [1.807, 2.05) is 0 Å². The van der Waals surface area contributed by atoms with Crippen LogP contribution < -0.4 is 5.32 Å². The van der Waals surface area contributed by atoms with Gasteiger partial charge in [-0.2, -0.15) is 0 Å². The second kappa shape index (κ2) is 6.63. The Morgan fingerprint density at radius 1 is 1.46 bits per heavy atom. The summed E-state index contributed by atoms with van der Waals surface area (Å²) in [7, 11) is 1.74. The van der Waals surface area contributed by atoms with Crippen molar-refractivity contribution in [3.63, 3.8) is 0 Å². The van der Waals surface area contributed by atoms with Crippen molar-refractivity contribution in [1.29, 1.82) is 0 Å². The van der Waals surface area contributed by atoms with Crippen LogP contribution in [0.4, 0.5) is 0 Å². The molecule has 0 aromatic rings. The van der Waals surface area contributed by atoms with Crippen molar-refractivity contribution >= 4 is 11.6 Å². The molecule has 0 amide bonds. The van der Waals surface area contributed by atoms with Crippen molar-refractivity contribution in [2.75, 3.05) is 26.8 Å². The SMILES string of the molecule is COCCCNCC1CCCC1Cl. The first kappa shape index (κ1) is 11.3. The van der Waals surface area contributed by atoms with Crippen LogP contribution in [0.1, 0.15) is 25.7 Å². The Morgan fingerprint density at radius 3 is 2.92 bits per heavy atom. The predicted molar refractivity (Wildman–Crippen MR) is 56.3 cm³/mol. The van der Waals surface area contributed by atoms with Crippen molar-refractivity contribution in [2.45, 2.75) is 31.1 Å². The summed E-state index contributed by atoms with van der Waals surface area (Å²) >= 11 is 6.15. The molecule has 0 bridgehead atoms. The molecular weight excluding hydrogens is 186 g/mol. The van der Waals surface area contributed by atoms with Gasteiger partial charge in [-0.1, -0.05) is 6.42 Å². The van der Waals surface area contributed by atoms with E-state index in [0.717, 1.165) is 26.1 Å². The molecule has 1 N–H and O–H groups in total. The molecule has 1 rings (SSSR count). The fourth-order valence-corrected chi connectivity index (χ4v) is 2.22. The number of ether oxygens (including phenoxy) is 1. The monoisotopic (exact) mass is 205 g/mol. The molecule has 0 aliphatic heterocycles. The van der Waals surface area contributed by atoms with Gasteiger partial charge < -0.3 is 10.1 Å². The number of nitrogens with one attached hydrogen (secondary N) is 1. The molecule has 0 saturated heterocycles. The molecule has 13 heavy (non-hydrogen) atoms. The second-order valence-corrected chi connectivity index (χ2v) is 4.32. The van der Waals surface area contributed by atoms with Crippen LogP contribution in [0.3, 0.4) is 0 Å². The van der Waals surface area contributed by atoms with Crippen LogP contribution in [0, 0.1) is 5.92 Å². The van der Waals surface area contributed by atoms with Gasteiger partial charge in [-0.3, -0.25) is 0 Å². The third kappa shape index (κ3) is 4.30. The summed E-state index contributed by atoms with van der Waals surface area (Å²) in [4.78, 5) is 0. The summed E-state index contributed by atoms with van der Waals surface area (Å²) in [6.07, 6.45) is 4.90. The highest BCUT2D eigenvalue weighted by molar-refractivity contribution is 6.20. The Hall–Kier alpha value is 0.210. The van der Waals surface area contributed by atoms with Gasteiger partial charge in [0.05, 0.1) is 0 Å². The molecule has 1 aliphatic rings. The maximum Gasteiger partial charge on any atom is 0.0474 e. The smallest absolute Gasteiger partial charge is 0.0474 e. The van der Waals surface area contributed by atoms with Crippen LogP contribution in [-0.2, 0) is 4.74 Å². The fraction of sp³-hybridized carbons (Fsp3) is 1.00. The number of hydrogen-bond donors (Lipinski definition) is 1. The molecule has 0 spiro atoms. The third-order valence-corrected chi connectivity index (χ3v) is 3.25. The fourth-order valence-electron chi connectivity index (χ4n) is 1.85. The molecule has 1 saturated carbocycles. The number of rotatable bonds is 6. The zero-order chi connectivity index (χ0) is 9.52. The second-order valence-electron chi connectivity index (χ2n) is 3.76. The van der Waals surface area contributed by atoms with E-state index < -0.39 is 0 Å². The van der Waals surface area contributed by atoms with Gasteiger partial charge >= 0.3 is 0 Å². The van der Waals surface area contributed by atoms with Crippen molar-refractivity contribution in [2.24, 2.45) is 5.92 Å². The number of halogens is 1. The van der Waals surface area contributed by atoms with E-state index in [9.17, 15) is 0 Å². The lowest BCUT2D eigenvalue weighted by molar-refractivity contribution is 0.194. The van der Waals surface area contributed by atoms with E-state index in [1.54, 1.807) is 7.11 Å². The van der Waals surface area contributed by atoms with Gasteiger partial charge in [-0.25, -0.2) is 0 Å². The van der Waals surface area contributed by atoms with Crippen LogP contribution in [-0.4, -0.2) is 32.2 Å². The molecule has 0 aromatic carbocycles. The summed E-state index contributed by atoms with van der Waals surface area (Å²) in [5.41, 5.74) is 0. The molecule has 2 nitrogen and oxygen atoms in total. The highest BCUT2D eigenvalue weighted by atomic mass is 35.5. The van der Waals surface area contributed by atoms with Gasteiger partial charge in [0, 0.05) is 19.1 Å². The highest BCUT2D eigenvalue weighted by Gasteiger charge is 2.24. The normalized spacial score (nSPS) is 28.2. The van der Waals surface area contributed by atoms with Crippen LogP contribution in [0.2, 0.25) is 0 Å². The van der Waals surface area contributed by atoms with Crippen LogP contribution in [0.5, 0.6) is 0 Å². The van der Waals surface area contributed by atoms with Crippen molar-refractivity contribution < 1.29 is 4.74 Å². The van der Waals surface area contributed by atoms with E-state index >= 15 is 0 Å². The lowest BCUT2D eigenvalue weighted by Gasteiger charge is -2.14. The van der Waals surface area contributed by atoms with E-state index in [2.05, 4.69) is 5.32 Å². The average Bonchev–Trinajstić information content (AvgIpc) is 2.52. The molecule has 1 aliphatic carbocycles. The van der Waals surface area contributed by atoms with Crippen LogP contribution >= 0.6 is 11.6 Å². The molecule has 0 heterocycles. The molecule has 0 aromatic heterocycles. The summed E-state index contributed by atoms with van der Waals surface area (Å²) in [6.45, 7) is 2.98. The molecule has 0 radical (unpaired) electrons. The van der Waals surface area contributed by atoms with Gasteiger partial charge in [0.2, 0.25) is 0 Å². The minimum atomic E-state index is 0.412. The highest BCUT2D eigenvalue weighted by Crippen LogP contribution is 2.29. The Bertz CT molecular complexity index is 132. The molecule has 2 atom stereocenters. The topological polar surface area (TPSA) is 21.3 Å². The standard InChI is InChI=1S/C10H20ClNO/c1-13-7-3-6-12-8-9-4-2-5-10(9)11/h9-10,12H,2-8H2,1H3. The first-order chi connectivity index (χ1) is 6.34. The zero-order valence-corrected chi connectivity index (χ0v) is 9.15. The maximum absolute atomic E-state index is 6.15. The van der Waals surface area contributed by atoms with Crippen molar-refractivity contribution in [3.05, 3.63) is 0 Å².